The summed E-state index contributed by atoms with van der Waals surface area (Å²) in [5.74, 6) is 0. The van der Waals surface area contributed by atoms with Crippen molar-refractivity contribution in [2.24, 2.45) is 0 Å². The van der Waals surface area contributed by atoms with Gasteiger partial charge in [-0.3, -0.25) is 4.90 Å². The Hall–Kier alpha value is -2.12. The summed E-state index contributed by atoms with van der Waals surface area (Å²) in [5, 5.41) is 0. The second-order valence-corrected chi connectivity index (χ2v) is 5.49. The van der Waals surface area contributed by atoms with Crippen LogP contribution >= 0.6 is 0 Å². The highest BCUT2D eigenvalue weighted by molar-refractivity contribution is 5.52. The Morgan fingerprint density at radius 1 is 0.857 bits per heavy atom. The zero-order chi connectivity index (χ0) is 14.3. The molecule has 0 N–H and O–H groups in total. The van der Waals surface area contributed by atoms with Crippen LogP contribution in [0.25, 0.3) is 6.08 Å². The van der Waals surface area contributed by atoms with E-state index in [1.165, 1.54) is 16.7 Å². The summed E-state index contributed by atoms with van der Waals surface area (Å²) in [6.07, 6.45) is 7.95. The van der Waals surface area contributed by atoms with Gasteiger partial charge in [0.05, 0.1) is 0 Å². The zero-order valence-electron chi connectivity index (χ0n) is 12.3. The van der Waals surface area contributed by atoms with Crippen molar-refractivity contribution >= 4 is 6.08 Å². The molecule has 2 aromatic rings. The maximum atomic E-state index is 2.50. The average Bonchev–Trinajstić information content (AvgIpc) is 2.56. The molecule has 0 aromatic heterocycles. The lowest BCUT2D eigenvalue weighted by Crippen LogP contribution is -2.27. The minimum absolute atomic E-state index is 1.04. The molecule has 1 nitrogen and oxygen atoms in total. The van der Waals surface area contributed by atoms with Crippen molar-refractivity contribution in [1.82, 2.24) is 4.90 Å². The molecule has 1 heterocycles. The van der Waals surface area contributed by atoms with Crippen LogP contribution in [-0.4, -0.2) is 18.0 Å². The second-order valence-electron chi connectivity index (χ2n) is 5.49. The van der Waals surface area contributed by atoms with Gasteiger partial charge in [-0.15, -0.1) is 0 Å². The minimum Gasteiger partial charge on any atom is -0.295 e. The zero-order valence-corrected chi connectivity index (χ0v) is 12.3. The normalized spacial score (nSPS) is 16.1. The van der Waals surface area contributed by atoms with E-state index >= 15 is 0 Å². The Morgan fingerprint density at radius 3 is 2.24 bits per heavy atom. The molecule has 0 atom stereocenters. The number of rotatable bonds is 4. The molecule has 0 fully saturated rings. The van der Waals surface area contributed by atoms with E-state index in [2.05, 4.69) is 83.8 Å². The highest BCUT2D eigenvalue weighted by Gasteiger charge is 2.10. The van der Waals surface area contributed by atoms with E-state index in [9.17, 15) is 0 Å². The molecule has 0 saturated carbocycles. The largest absolute Gasteiger partial charge is 0.295 e. The maximum Gasteiger partial charge on any atom is 0.0237 e. The minimum atomic E-state index is 1.04. The molecule has 0 unspecified atom stereocenters. The van der Waals surface area contributed by atoms with Crippen molar-refractivity contribution in [3.8, 4) is 0 Å². The van der Waals surface area contributed by atoms with Gasteiger partial charge in [0, 0.05) is 19.6 Å². The van der Waals surface area contributed by atoms with Gasteiger partial charge in [0.1, 0.15) is 0 Å². The molecule has 0 aliphatic carbocycles. The fraction of sp³-hybridized carbons (Fsp3) is 0.200. The van der Waals surface area contributed by atoms with Crippen molar-refractivity contribution in [2.75, 3.05) is 13.1 Å². The molecule has 0 bridgehead atoms. The summed E-state index contributed by atoms with van der Waals surface area (Å²) in [5.41, 5.74) is 4.11. The molecule has 0 saturated heterocycles. The third kappa shape index (κ3) is 4.17. The Kier molecular flexibility index (Phi) is 4.65. The Labute approximate surface area is 127 Å². The molecule has 106 valence electrons. The lowest BCUT2D eigenvalue weighted by molar-refractivity contribution is 0.287. The van der Waals surface area contributed by atoms with Crippen LogP contribution in [0, 0.1) is 0 Å². The summed E-state index contributed by atoms with van der Waals surface area (Å²) >= 11 is 0. The van der Waals surface area contributed by atoms with Gasteiger partial charge < -0.3 is 0 Å². The first-order valence-electron chi connectivity index (χ1n) is 7.58. The van der Waals surface area contributed by atoms with Gasteiger partial charge in [-0.05, 0) is 23.1 Å². The summed E-state index contributed by atoms with van der Waals surface area (Å²) < 4.78 is 0. The maximum absolute atomic E-state index is 2.50. The van der Waals surface area contributed by atoms with Crippen LogP contribution in [0.3, 0.4) is 0 Å². The molecule has 3 rings (SSSR count). The highest BCUT2D eigenvalue weighted by atomic mass is 15.1. The van der Waals surface area contributed by atoms with Crippen molar-refractivity contribution in [3.05, 3.63) is 89.5 Å². The SMILES string of the molecule is C(=Cc1ccccc1)C1=CCN(Cc2ccccc2)CC1. The first-order chi connectivity index (χ1) is 10.4. The highest BCUT2D eigenvalue weighted by Crippen LogP contribution is 2.16. The lowest BCUT2D eigenvalue weighted by atomic mass is 10.1. The Morgan fingerprint density at radius 2 is 1.57 bits per heavy atom. The van der Waals surface area contributed by atoms with Crippen LogP contribution in [0.15, 0.2) is 78.4 Å². The molecule has 0 spiro atoms. The Bertz CT molecular complexity index is 611. The quantitative estimate of drug-likeness (QED) is 0.792. The molecular formula is C20H21N. The van der Waals surface area contributed by atoms with Gasteiger partial charge in [0.25, 0.3) is 0 Å². The average molecular weight is 275 g/mol. The van der Waals surface area contributed by atoms with Crippen LogP contribution in [0.4, 0.5) is 0 Å². The number of hydrogen-bond donors (Lipinski definition) is 0. The van der Waals surface area contributed by atoms with Crippen LogP contribution in [0.1, 0.15) is 17.5 Å². The van der Waals surface area contributed by atoms with E-state index in [1.807, 2.05) is 0 Å². The van der Waals surface area contributed by atoms with Gasteiger partial charge in [-0.1, -0.05) is 78.9 Å². The molecular weight excluding hydrogens is 254 g/mol. The number of allylic oxidation sites excluding steroid dienone is 1. The molecule has 2 aromatic carbocycles. The van der Waals surface area contributed by atoms with Gasteiger partial charge in [-0.2, -0.15) is 0 Å². The van der Waals surface area contributed by atoms with E-state index in [-0.39, 0.29) is 0 Å². The van der Waals surface area contributed by atoms with Gasteiger partial charge in [0.15, 0.2) is 0 Å². The third-order valence-electron chi connectivity index (χ3n) is 3.87. The molecule has 1 heteroatoms. The molecule has 0 amide bonds. The molecule has 1 aliphatic rings. The number of nitrogens with zero attached hydrogens (tertiary/aromatic N) is 1. The monoisotopic (exact) mass is 275 g/mol. The number of hydrogen-bond acceptors (Lipinski definition) is 1. The van der Waals surface area contributed by atoms with Crippen molar-refractivity contribution in [2.45, 2.75) is 13.0 Å². The second kappa shape index (κ2) is 7.05. The summed E-state index contributed by atoms with van der Waals surface area (Å²) in [7, 11) is 0. The summed E-state index contributed by atoms with van der Waals surface area (Å²) in [6, 6.07) is 21.2. The predicted molar refractivity (Wildman–Crippen MR) is 89.9 cm³/mol. The predicted octanol–water partition coefficient (Wildman–Crippen LogP) is 4.53. The lowest BCUT2D eigenvalue weighted by Gasteiger charge is -2.25. The van der Waals surface area contributed by atoms with Crippen LogP contribution in [-0.2, 0) is 6.54 Å². The summed E-state index contributed by atoms with van der Waals surface area (Å²) in [6.45, 7) is 3.23. The first-order valence-corrected chi connectivity index (χ1v) is 7.58. The molecule has 1 aliphatic heterocycles. The standard InChI is InChI=1S/C20H21N/c1-3-7-18(8-4-1)11-12-19-13-15-21(16-14-19)17-20-9-5-2-6-10-20/h1-13H,14-17H2. The number of benzene rings is 2. The van der Waals surface area contributed by atoms with Gasteiger partial charge in [-0.25, -0.2) is 0 Å². The topological polar surface area (TPSA) is 3.24 Å². The van der Waals surface area contributed by atoms with Crippen LogP contribution < -0.4 is 0 Å². The van der Waals surface area contributed by atoms with Crippen LogP contribution in [0.2, 0.25) is 0 Å². The fourth-order valence-electron chi connectivity index (χ4n) is 2.63. The van der Waals surface area contributed by atoms with Gasteiger partial charge >= 0.3 is 0 Å². The smallest absolute Gasteiger partial charge is 0.0237 e. The first kappa shape index (κ1) is 13.8. The van der Waals surface area contributed by atoms with E-state index in [4.69, 9.17) is 0 Å². The van der Waals surface area contributed by atoms with Crippen molar-refractivity contribution in [1.29, 1.82) is 0 Å². The van der Waals surface area contributed by atoms with E-state index in [0.717, 1.165) is 26.1 Å². The van der Waals surface area contributed by atoms with E-state index < -0.39 is 0 Å². The Balaban J connectivity index is 1.56. The van der Waals surface area contributed by atoms with Gasteiger partial charge in [0.2, 0.25) is 0 Å². The van der Waals surface area contributed by atoms with E-state index in [0.29, 0.717) is 0 Å². The van der Waals surface area contributed by atoms with Crippen LogP contribution in [0.5, 0.6) is 0 Å². The third-order valence-corrected chi connectivity index (χ3v) is 3.87. The summed E-state index contributed by atoms with van der Waals surface area (Å²) in [4.78, 5) is 2.50. The van der Waals surface area contributed by atoms with Crippen molar-refractivity contribution < 1.29 is 0 Å². The molecule has 0 radical (unpaired) electrons. The van der Waals surface area contributed by atoms with E-state index in [1.54, 1.807) is 0 Å². The molecule has 21 heavy (non-hydrogen) atoms. The van der Waals surface area contributed by atoms with Crippen molar-refractivity contribution in [3.63, 3.8) is 0 Å². The fourth-order valence-corrected chi connectivity index (χ4v) is 2.63.